The van der Waals surface area contributed by atoms with Crippen LogP contribution in [0.5, 0.6) is 5.75 Å². The summed E-state index contributed by atoms with van der Waals surface area (Å²) in [6.45, 7) is 4.13. The van der Waals surface area contributed by atoms with Crippen molar-refractivity contribution in [3.63, 3.8) is 0 Å². The van der Waals surface area contributed by atoms with Crippen molar-refractivity contribution in [2.75, 3.05) is 20.2 Å². The summed E-state index contributed by atoms with van der Waals surface area (Å²) in [7, 11) is 1.55. The molecule has 1 aromatic heterocycles. The zero-order chi connectivity index (χ0) is 24.0. The van der Waals surface area contributed by atoms with Crippen molar-refractivity contribution in [1.29, 1.82) is 0 Å². The van der Waals surface area contributed by atoms with Crippen molar-refractivity contribution >= 4 is 28.7 Å². The van der Waals surface area contributed by atoms with Crippen LogP contribution in [0.3, 0.4) is 0 Å². The van der Waals surface area contributed by atoms with Gasteiger partial charge in [-0.1, -0.05) is 25.5 Å². The van der Waals surface area contributed by atoms with E-state index in [4.69, 9.17) is 10.5 Å². The summed E-state index contributed by atoms with van der Waals surface area (Å²) < 4.78 is 8.14. The number of nitrogens with zero attached hydrogens (tertiary/aromatic N) is 3. The molecule has 0 spiro atoms. The molecule has 176 valence electrons. The van der Waals surface area contributed by atoms with Gasteiger partial charge in [0.05, 0.1) is 19.1 Å². The molecule has 1 fully saturated rings. The maximum absolute atomic E-state index is 13.1. The number of urea groups is 1. The van der Waals surface area contributed by atoms with Crippen molar-refractivity contribution < 1.29 is 19.1 Å². The number of hydrogen-bond donors (Lipinski definition) is 1. The first-order valence-electron chi connectivity index (χ1n) is 11.6. The monoisotopic (exact) mass is 460 g/mol. The molecule has 2 aromatic carbocycles. The fraction of sp³-hybridized carbons (Fsp3) is 0.346. The molecule has 2 bridgehead atoms. The molecule has 8 heteroatoms. The molecule has 4 amide bonds. The third-order valence-corrected chi connectivity index (χ3v) is 6.81. The smallest absolute Gasteiger partial charge is 0.326 e. The Morgan fingerprint density at radius 1 is 1.15 bits per heavy atom. The number of ether oxygens (including phenoxy) is 1. The fourth-order valence-electron chi connectivity index (χ4n) is 4.98. The maximum Gasteiger partial charge on any atom is 0.326 e. The lowest BCUT2D eigenvalue weighted by Crippen LogP contribution is -2.56. The number of nitrogens with two attached hydrogens (primary N) is 1. The molecule has 1 atom stereocenters. The van der Waals surface area contributed by atoms with Gasteiger partial charge in [0.2, 0.25) is 11.8 Å². The normalized spacial score (nSPS) is 17.3. The van der Waals surface area contributed by atoms with Gasteiger partial charge < -0.3 is 19.9 Å². The Morgan fingerprint density at radius 3 is 2.62 bits per heavy atom. The minimum absolute atomic E-state index is 0.177. The van der Waals surface area contributed by atoms with E-state index in [1.54, 1.807) is 24.1 Å². The number of imide groups is 1. The molecule has 0 aliphatic carbocycles. The molecule has 1 unspecified atom stereocenters. The van der Waals surface area contributed by atoms with Crippen molar-refractivity contribution in [2.45, 2.75) is 38.8 Å². The SMILES string of the molecule is CCCCOc1ccc2c(c1)c1c(n2Cc2ccc(C(N)=O)cc2)CN2CC1C(=O)N(C)C2=O. The van der Waals surface area contributed by atoms with E-state index in [1.807, 2.05) is 30.3 Å². The first kappa shape index (κ1) is 22.0. The van der Waals surface area contributed by atoms with Crippen molar-refractivity contribution in [3.8, 4) is 5.75 Å². The zero-order valence-electron chi connectivity index (χ0n) is 19.4. The first-order valence-corrected chi connectivity index (χ1v) is 11.6. The number of amides is 4. The lowest BCUT2D eigenvalue weighted by atomic mass is 9.89. The number of primary amides is 1. The molecule has 2 aliphatic heterocycles. The maximum atomic E-state index is 13.1. The summed E-state index contributed by atoms with van der Waals surface area (Å²) in [6, 6.07) is 13.0. The average molecular weight is 461 g/mol. The second-order valence-corrected chi connectivity index (χ2v) is 9.00. The predicted octanol–water partition coefficient (Wildman–Crippen LogP) is 3.46. The molecule has 2 aliphatic rings. The van der Waals surface area contributed by atoms with Gasteiger partial charge in [0.1, 0.15) is 5.75 Å². The van der Waals surface area contributed by atoms with E-state index in [9.17, 15) is 14.4 Å². The van der Waals surface area contributed by atoms with Crippen LogP contribution in [0.15, 0.2) is 42.5 Å². The van der Waals surface area contributed by atoms with Gasteiger partial charge in [-0.05, 0) is 47.9 Å². The molecule has 3 heterocycles. The second-order valence-electron chi connectivity index (χ2n) is 9.00. The predicted molar refractivity (Wildman–Crippen MR) is 128 cm³/mol. The van der Waals surface area contributed by atoms with Crippen LogP contribution < -0.4 is 10.5 Å². The van der Waals surface area contributed by atoms with E-state index >= 15 is 0 Å². The number of rotatable bonds is 7. The van der Waals surface area contributed by atoms with Crippen LogP contribution in [0, 0.1) is 0 Å². The Balaban J connectivity index is 1.62. The molecule has 5 rings (SSSR count). The summed E-state index contributed by atoms with van der Waals surface area (Å²) >= 11 is 0. The minimum Gasteiger partial charge on any atom is -0.494 e. The first-order chi connectivity index (χ1) is 16.4. The van der Waals surface area contributed by atoms with E-state index in [1.165, 1.54) is 4.90 Å². The lowest BCUT2D eigenvalue weighted by molar-refractivity contribution is -0.132. The van der Waals surface area contributed by atoms with Crippen LogP contribution in [0.4, 0.5) is 4.79 Å². The molecule has 34 heavy (non-hydrogen) atoms. The van der Waals surface area contributed by atoms with E-state index in [0.717, 1.165) is 46.3 Å². The standard InChI is InChI=1S/C26H28N4O4/c1-3-4-11-34-18-9-10-21-19(12-18)23-20-14-29(26(33)28(2)25(20)32)15-22(23)30(21)13-16-5-7-17(8-6-16)24(27)31/h5-10,12,20H,3-4,11,13-15H2,1-2H3,(H2,27,31). The summed E-state index contributed by atoms with van der Waals surface area (Å²) in [5.41, 5.74) is 9.76. The van der Waals surface area contributed by atoms with E-state index in [2.05, 4.69) is 11.5 Å². The van der Waals surface area contributed by atoms with Gasteiger partial charge in [0.25, 0.3) is 0 Å². The zero-order valence-corrected chi connectivity index (χ0v) is 19.4. The highest BCUT2D eigenvalue weighted by Gasteiger charge is 2.44. The highest BCUT2D eigenvalue weighted by atomic mass is 16.5. The van der Waals surface area contributed by atoms with Crippen LogP contribution in [-0.4, -0.2) is 52.4 Å². The highest BCUT2D eigenvalue weighted by Crippen LogP contribution is 2.41. The molecule has 0 saturated carbocycles. The number of aromatic nitrogens is 1. The number of fused-ring (bicyclic) bond motifs is 6. The third-order valence-electron chi connectivity index (χ3n) is 6.81. The fourth-order valence-corrected chi connectivity index (χ4v) is 4.98. The van der Waals surface area contributed by atoms with E-state index in [0.29, 0.717) is 31.8 Å². The van der Waals surface area contributed by atoms with Crippen LogP contribution in [-0.2, 0) is 17.9 Å². The molecule has 0 radical (unpaired) electrons. The number of carbonyl (C=O) groups excluding carboxylic acids is 3. The van der Waals surface area contributed by atoms with Gasteiger partial charge in [-0.15, -0.1) is 0 Å². The number of carbonyl (C=O) groups is 3. The molecule has 1 saturated heterocycles. The van der Waals surface area contributed by atoms with Gasteiger partial charge in [0, 0.05) is 42.3 Å². The average Bonchev–Trinajstić information content (AvgIpc) is 3.14. The quantitative estimate of drug-likeness (QED) is 0.546. The van der Waals surface area contributed by atoms with Crippen molar-refractivity contribution in [1.82, 2.24) is 14.4 Å². The van der Waals surface area contributed by atoms with Gasteiger partial charge in [0.15, 0.2) is 0 Å². The van der Waals surface area contributed by atoms with Gasteiger partial charge in [-0.3, -0.25) is 14.5 Å². The van der Waals surface area contributed by atoms with Gasteiger partial charge in [-0.2, -0.15) is 0 Å². The highest BCUT2D eigenvalue weighted by molar-refractivity contribution is 6.04. The van der Waals surface area contributed by atoms with Crippen molar-refractivity contribution in [2.24, 2.45) is 5.73 Å². The van der Waals surface area contributed by atoms with Gasteiger partial charge in [-0.25, -0.2) is 4.79 Å². The van der Waals surface area contributed by atoms with E-state index in [-0.39, 0.29) is 11.9 Å². The number of benzene rings is 2. The Bertz CT molecular complexity index is 1290. The number of unbranched alkanes of at least 4 members (excludes halogenated alkanes) is 1. The Kier molecular flexibility index (Phi) is 5.51. The minimum atomic E-state index is -0.465. The summed E-state index contributed by atoms with van der Waals surface area (Å²) in [6.07, 6.45) is 2.02. The van der Waals surface area contributed by atoms with Crippen molar-refractivity contribution in [3.05, 3.63) is 64.8 Å². The van der Waals surface area contributed by atoms with Crippen LogP contribution >= 0.6 is 0 Å². The summed E-state index contributed by atoms with van der Waals surface area (Å²) in [4.78, 5) is 40.2. The van der Waals surface area contributed by atoms with Crippen LogP contribution in [0.2, 0.25) is 0 Å². The molecule has 2 N–H and O–H groups in total. The third kappa shape index (κ3) is 3.59. The van der Waals surface area contributed by atoms with Crippen LogP contribution in [0.1, 0.15) is 52.9 Å². The molecular formula is C26H28N4O4. The Morgan fingerprint density at radius 2 is 1.91 bits per heavy atom. The van der Waals surface area contributed by atoms with Crippen LogP contribution in [0.25, 0.3) is 10.9 Å². The number of hydrogen-bond acceptors (Lipinski definition) is 4. The largest absolute Gasteiger partial charge is 0.494 e. The molecule has 3 aromatic rings. The summed E-state index contributed by atoms with van der Waals surface area (Å²) in [5.74, 6) is -0.266. The van der Waals surface area contributed by atoms with Gasteiger partial charge >= 0.3 is 6.03 Å². The number of likely N-dealkylation sites (N-methyl/N-ethyl adjacent to an activating group) is 1. The Hall–Kier alpha value is -3.81. The second kappa shape index (κ2) is 8.52. The topological polar surface area (TPSA) is 97.9 Å². The molecule has 8 nitrogen and oxygen atoms in total. The molecular weight excluding hydrogens is 432 g/mol. The summed E-state index contributed by atoms with van der Waals surface area (Å²) in [5, 5.41) is 0.985. The van der Waals surface area contributed by atoms with E-state index < -0.39 is 11.8 Å². The Labute approximate surface area is 197 Å². The lowest BCUT2D eigenvalue weighted by Gasteiger charge is -2.41.